The van der Waals surface area contributed by atoms with Crippen LogP contribution in [0.4, 0.5) is 0 Å². The topological polar surface area (TPSA) is 75.6 Å². The van der Waals surface area contributed by atoms with Gasteiger partial charge in [-0.05, 0) is 42.3 Å². The van der Waals surface area contributed by atoms with Gasteiger partial charge in [0.2, 0.25) is 5.91 Å². The van der Waals surface area contributed by atoms with E-state index in [0.29, 0.717) is 0 Å². The van der Waals surface area contributed by atoms with E-state index in [0.717, 1.165) is 22.1 Å². The van der Waals surface area contributed by atoms with Crippen LogP contribution in [0.1, 0.15) is 25.3 Å². The van der Waals surface area contributed by atoms with Crippen LogP contribution in [0.2, 0.25) is 0 Å². The van der Waals surface area contributed by atoms with Gasteiger partial charge in [-0.3, -0.25) is 9.59 Å². The van der Waals surface area contributed by atoms with Gasteiger partial charge in [0.05, 0.1) is 13.0 Å². The molecule has 116 valence electrons. The van der Waals surface area contributed by atoms with Gasteiger partial charge < -0.3 is 15.2 Å². The second-order valence-electron chi connectivity index (χ2n) is 5.26. The molecule has 2 aromatic carbocycles. The molecule has 1 amide bonds. The molecule has 0 aliphatic carbocycles. The highest BCUT2D eigenvalue weighted by Gasteiger charge is 2.20. The zero-order valence-electron chi connectivity index (χ0n) is 12.8. The van der Waals surface area contributed by atoms with Crippen LogP contribution in [-0.2, 0) is 9.59 Å². The number of ether oxygens (including phenoxy) is 1. The zero-order chi connectivity index (χ0) is 16.3. The lowest BCUT2D eigenvalue weighted by molar-refractivity contribution is -0.141. The van der Waals surface area contributed by atoms with Crippen LogP contribution in [-0.4, -0.2) is 30.1 Å². The minimum atomic E-state index is -1.05. The number of carboxylic acids is 1. The Bertz CT molecular complexity index is 711. The number of rotatable bonds is 5. The number of amides is 1. The molecular weight excluding hydrogens is 282 g/mol. The molecule has 0 aromatic heterocycles. The van der Waals surface area contributed by atoms with Crippen molar-refractivity contribution in [3.8, 4) is 5.75 Å². The molecule has 2 aromatic rings. The minimum absolute atomic E-state index is 0.303. The molecule has 22 heavy (non-hydrogen) atoms. The summed E-state index contributed by atoms with van der Waals surface area (Å²) in [6.07, 6.45) is 0. The predicted octanol–water partition coefficient (Wildman–Crippen LogP) is 2.54. The summed E-state index contributed by atoms with van der Waals surface area (Å²) < 4.78 is 5.18. The average Bonchev–Trinajstić information content (AvgIpc) is 2.52. The maximum atomic E-state index is 12.1. The molecule has 1 unspecified atom stereocenters. The van der Waals surface area contributed by atoms with Gasteiger partial charge in [0.25, 0.3) is 0 Å². The molecule has 0 aliphatic rings. The minimum Gasteiger partial charge on any atom is -0.497 e. The van der Waals surface area contributed by atoms with E-state index in [4.69, 9.17) is 9.84 Å². The Labute approximate surface area is 128 Å². The molecule has 2 rings (SSSR count). The number of carbonyl (C=O) groups excluding carboxylic acids is 1. The summed E-state index contributed by atoms with van der Waals surface area (Å²) in [7, 11) is 1.62. The highest BCUT2D eigenvalue weighted by Crippen LogP contribution is 2.25. The van der Waals surface area contributed by atoms with Crippen LogP contribution in [0.5, 0.6) is 5.75 Å². The number of carbonyl (C=O) groups is 2. The van der Waals surface area contributed by atoms with Crippen molar-refractivity contribution >= 4 is 22.6 Å². The lowest BCUT2D eigenvalue weighted by Crippen LogP contribution is -2.40. The molecule has 5 nitrogen and oxygen atoms in total. The number of benzene rings is 2. The largest absolute Gasteiger partial charge is 0.497 e. The van der Waals surface area contributed by atoms with Gasteiger partial charge in [-0.2, -0.15) is 0 Å². The predicted molar refractivity (Wildman–Crippen MR) is 84.2 cm³/mol. The van der Waals surface area contributed by atoms with E-state index in [1.54, 1.807) is 14.0 Å². The highest BCUT2D eigenvalue weighted by atomic mass is 16.5. The normalized spacial score (nSPS) is 13.4. The Morgan fingerprint density at radius 1 is 1.09 bits per heavy atom. The summed E-state index contributed by atoms with van der Waals surface area (Å²) in [6.45, 7) is 3.20. The van der Waals surface area contributed by atoms with Crippen molar-refractivity contribution in [3.63, 3.8) is 0 Å². The van der Waals surface area contributed by atoms with E-state index in [9.17, 15) is 9.59 Å². The number of fused-ring (bicyclic) bond motifs is 1. The van der Waals surface area contributed by atoms with E-state index >= 15 is 0 Å². The third-order valence-corrected chi connectivity index (χ3v) is 3.69. The molecule has 0 saturated carbocycles. The van der Waals surface area contributed by atoms with Crippen LogP contribution < -0.4 is 10.1 Å². The second-order valence-corrected chi connectivity index (χ2v) is 5.26. The van der Waals surface area contributed by atoms with Crippen molar-refractivity contribution in [1.82, 2.24) is 5.32 Å². The van der Waals surface area contributed by atoms with E-state index in [1.165, 1.54) is 6.92 Å². The van der Waals surface area contributed by atoms with Gasteiger partial charge in [-0.25, -0.2) is 0 Å². The maximum absolute atomic E-state index is 12.1. The molecule has 0 fully saturated rings. The summed E-state index contributed by atoms with van der Waals surface area (Å²) in [5.74, 6) is -0.997. The van der Waals surface area contributed by atoms with Gasteiger partial charge >= 0.3 is 5.97 Å². The smallest absolute Gasteiger partial charge is 0.325 e. The summed E-state index contributed by atoms with van der Waals surface area (Å²) >= 11 is 0. The zero-order valence-corrected chi connectivity index (χ0v) is 12.8. The standard InChI is InChI=1S/C17H19NO4/c1-10(16(19)18-11(2)17(20)21)12-4-5-14-9-15(22-3)7-6-13(14)8-12/h4-11H,1-3H3,(H,18,19)(H,20,21)/t10?,11-/m0/s1. The first-order valence-electron chi connectivity index (χ1n) is 7.03. The first-order chi connectivity index (χ1) is 10.4. The SMILES string of the molecule is COc1ccc2cc(C(C)C(=O)N[C@@H](C)C(=O)O)ccc2c1. The molecule has 0 saturated heterocycles. The van der Waals surface area contributed by atoms with Gasteiger partial charge in [-0.1, -0.05) is 24.3 Å². The Hall–Kier alpha value is -2.56. The third-order valence-electron chi connectivity index (χ3n) is 3.69. The number of methoxy groups -OCH3 is 1. The Kier molecular flexibility index (Phi) is 4.65. The molecular formula is C17H19NO4. The number of carboxylic acid groups (broad SMARTS) is 1. The molecule has 5 heteroatoms. The molecule has 0 aliphatic heterocycles. The van der Waals surface area contributed by atoms with E-state index in [2.05, 4.69) is 5.32 Å². The van der Waals surface area contributed by atoms with Crippen LogP contribution in [0.15, 0.2) is 36.4 Å². The van der Waals surface area contributed by atoms with Crippen molar-refractivity contribution in [1.29, 1.82) is 0 Å². The quantitative estimate of drug-likeness (QED) is 0.890. The molecule has 2 N–H and O–H groups in total. The van der Waals surface area contributed by atoms with Gasteiger partial charge in [-0.15, -0.1) is 0 Å². The molecule has 0 bridgehead atoms. The van der Waals surface area contributed by atoms with Gasteiger partial charge in [0.1, 0.15) is 11.8 Å². The van der Waals surface area contributed by atoms with Crippen molar-refractivity contribution in [3.05, 3.63) is 42.0 Å². The van der Waals surface area contributed by atoms with Gasteiger partial charge in [0.15, 0.2) is 0 Å². The third kappa shape index (κ3) is 3.36. The summed E-state index contributed by atoms with van der Waals surface area (Å²) in [5, 5.41) is 13.4. The molecule has 2 atom stereocenters. The Morgan fingerprint density at radius 3 is 2.36 bits per heavy atom. The van der Waals surface area contributed by atoms with Crippen LogP contribution in [0.25, 0.3) is 10.8 Å². The van der Waals surface area contributed by atoms with Crippen molar-refractivity contribution in [2.24, 2.45) is 0 Å². The molecule has 0 heterocycles. The van der Waals surface area contributed by atoms with Crippen molar-refractivity contribution < 1.29 is 19.4 Å². The van der Waals surface area contributed by atoms with Gasteiger partial charge in [0, 0.05) is 0 Å². The van der Waals surface area contributed by atoms with Crippen molar-refractivity contribution in [2.75, 3.05) is 7.11 Å². The molecule has 0 radical (unpaired) electrons. The van der Waals surface area contributed by atoms with Crippen LogP contribution in [0.3, 0.4) is 0 Å². The van der Waals surface area contributed by atoms with Crippen LogP contribution in [0, 0.1) is 0 Å². The highest BCUT2D eigenvalue weighted by molar-refractivity contribution is 5.90. The lowest BCUT2D eigenvalue weighted by atomic mass is 9.96. The first-order valence-corrected chi connectivity index (χ1v) is 7.03. The summed E-state index contributed by atoms with van der Waals surface area (Å²) in [5.41, 5.74) is 0.841. The fourth-order valence-electron chi connectivity index (χ4n) is 2.19. The summed E-state index contributed by atoms with van der Waals surface area (Å²) in [4.78, 5) is 22.9. The second kappa shape index (κ2) is 6.47. The number of nitrogens with one attached hydrogen (secondary N) is 1. The van der Waals surface area contributed by atoms with E-state index in [1.807, 2.05) is 36.4 Å². The van der Waals surface area contributed by atoms with E-state index < -0.39 is 17.9 Å². The fraction of sp³-hybridized carbons (Fsp3) is 0.294. The summed E-state index contributed by atoms with van der Waals surface area (Å²) in [6, 6.07) is 10.6. The number of hydrogen-bond acceptors (Lipinski definition) is 3. The monoisotopic (exact) mass is 301 g/mol. The fourth-order valence-corrected chi connectivity index (χ4v) is 2.19. The number of aliphatic carboxylic acids is 1. The maximum Gasteiger partial charge on any atom is 0.325 e. The van der Waals surface area contributed by atoms with Crippen LogP contribution >= 0.6 is 0 Å². The Balaban J connectivity index is 2.22. The average molecular weight is 301 g/mol. The van der Waals surface area contributed by atoms with Crippen molar-refractivity contribution in [2.45, 2.75) is 25.8 Å². The Morgan fingerprint density at radius 2 is 1.73 bits per heavy atom. The molecule has 0 spiro atoms. The first kappa shape index (κ1) is 15.8. The number of hydrogen-bond donors (Lipinski definition) is 2. The van der Waals surface area contributed by atoms with E-state index in [-0.39, 0.29) is 5.91 Å². The lowest BCUT2D eigenvalue weighted by Gasteiger charge is -2.15.